The minimum atomic E-state index is 0.346. The van der Waals surface area contributed by atoms with Gasteiger partial charge in [0.25, 0.3) is 0 Å². The minimum absolute atomic E-state index is 0.346. The Balaban J connectivity index is 2.22. The molecule has 1 aliphatic heterocycles. The number of hydrogen-bond acceptors (Lipinski definition) is 5. The van der Waals surface area contributed by atoms with Crippen molar-refractivity contribution in [3.63, 3.8) is 0 Å². The number of carbonyl (C=O) groups is 1. The van der Waals surface area contributed by atoms with Gasteiger partial charge >= 0.3 is 0 Å². The van der Waals surface area contributed by atoms with Crippen LogP contribution >= 0.6 is 11.3 Å². The van der Waals surface area contributed by atoms with E-state index in [0.717, 1.165) is 61.1 Å². The fraction of sp³-hybridized carbons (Fsp3) is 0.692. The van der Waals surface area contributed by atoms with Gasteiger partial charge in [-0.05, 0) is 18.8 Å². The average molecular weight is 268 g/mol. The lowest BCUT2D eigenvalue weighted by Crippen LogP contribution is -2.25. The van der Waals surface area contributed by atoms with Crippen molar-refractivity contribution in [2.45, 2.75) is 32.6 Å². The Kier molecular flexibility index (Phi) is 4.72. The van der Waals surface area contributed by atoms with Crippen LogP contribution in [0, 0.1) is 0 Å². The van der Waals surface area contributed by atoms with E-state index in [0.29, 0.717) is 5.92 Å². The molecule has 1 aliphatic rings. The van der Waals surface area contributed by atoms with Gasteiger partial charge in [0.2, 0.25) is 0 Å². The molecule has 5 heteroatoms. The monoisotopic (exact) mass is 268 g/mol. The van der Waals surface area contributed by atoms with Crippen molar-refractivity contribution in [2.24, 2.45) is 0 Å². The van der Waals surface area contributed by atoms with E-state index in [1.54, 1.807) is 0 Å². The third-order valence-corrected chi connectivity index (χ3v) is 4.41. The van der Waals surface area contributed by atoms with E-state index in [4.69, 9.17) is 4.74 Å². The fourth-order valence-corrected chi connectivity index (χ4v) is 3.09. The summed E-state index contributed by atoms with van der Waals surface area (Å²) in [6.07, 6.45) is 2.97. The zero-order chi connectivity index (χ0) is 13.0. The number of aldehydes is 1. The highest BCUT2D eigenvalue weighted by atomic mass is 32.1. The third kappa shape index (κ3) is 2.90. The summed E-state index contributed by atoms with van der Waals surface area (Å²) in [5.74, 6) is 0.346. The smallest absolute Gasteiger partial charge is 0.186 e. The molecule has 0 aromatic carbocycles. The van der Waals surface area contributed by atoms with Gasteiger partial charge in [0.05, 0.1) is 17.2 Å². The highest BCUT2D eigenvalue weighted by Gasteiger charge is 2.19. The first kappa shape index (κ1) is 13.5. The molecule has 1 atom stereocenters. The molecule has 100 valence electrons. The van der Waals surface area contributed by atoms with Gasteiger partial charge in [0.15, 0.2) is 11.4 Å². The Bertz CT molecular complexity index is 398. The molecule has 18 heavy (non-hydrogen) atoms. The molecular weight excluding hydrogens is 248 g/mol. The molecule has 4 nitrogen and oxygen atoms in total. The first-order valence-electron chi connectivity index (χ1n) is 6.54. The molecule has 0 spiro atoms. The van der Waals surface area contributed by atoms with E-state index in [9.17, 15) is 4.79 Å². The zero-order valence-electron chi connectivity index (χ0n) is 11.0. The normalized spacial score (nSPS) is 18.4. The molecule has 0 aliphatic carbocycles. The Morgan fingerprint density at radius 1 is 1.50 bits per heavy atom. The van der Waals surface area contributed by atoms with Gasteiger partial charge in [-0.1, -0.05) is 25.2 Å². The number of rotatable bonds is 4. The van der Waals surface area contributed by atoms with Crippen LogP contribution in [-0.4, -0.2) is 37.6 Å². The summed E-state index contributed by atoms with van der Waals surface area (Å²) in [7, 11) is 0. The molecule has 1 aromatic heterocycles. The molecule has 0 amide bonds. The van der Waals surface area contributed by atoms with Crippen molar-refractivity contribution in [1.82, 2.24) is 4.98 Å². The summed E-state index contributed by atoms with van der Waals surface area (Å²) in [6.45, 7) is 7.64. The largest absolute Gasteiger partial charge is 0.380 e. The molecule has 0 radical (unpaired) electrons. The predicted molar refractivity (Wildman–Crippen MR) is 73.9 cm³/mol. The van der Waals surface area contributed by atoms with Gasteiger partial charge in [-0.2, -0.15) is 0 Å². The molecule has 2 rings (SSSR count). The van der Waals surface area contributed by atoms with Crippen LogP contribution in [0.2, 0.25) is 0 Å². The van der Waals surface area contributed by atoms with E-state index in [2.05, 4.69) is 23.7 Å². The highest BCUT2D eigenvalue weighted by Crippen LogP contribution is 2.31. The van der Waals surface area contributed by atoms with Crippen LogP contribution in [-0.2, 0) is 4.74 Å². The Morgan fingerprint density at radius 3 is 3.06 bits per heavy atom. The molecular formula is C13H20N2O2S. The van der Waals surface area contributed by atoms with E-state index in [1.165, 1.54) is 11.3 Å². The SMILES string of the molecule is CCC(C)c1nc(N2CCCOCC2)sc1C=O. The maximum absolute atomic E-state index is 11.1. The van der Waals surface area contributed by atoms with Crippen LogP contribution in [0.1, 0.15) is 48.0 Å². The minimum Gasteiger partial charge on any atom is -0.380 e. The van der Waals surface area contributed by atoms with E-state index in [1.807, 2.05) is 0 Å². The number of nitrogens with zero attached hydrogens (tertiary/aromatic N) is 2. The maximum atomic E-state index is 11.1. The number of hydrogen-bond donors (Lipinski definition) is 0. The van der Waals surface area contributed by atoms with Gasteiger partial charge in [0.1, 0.15) is 0 Å². The second kappa shape index (κ2) is 6.29. The molecule has 1 unspecified atom stereocenters. The van der Waals surface area contributed by atoms with E-state index in [-0.39, 0.29) is 0 Å². The highest BCUT2D eigenvalue weighted by molar-refractivity contribution is 7.17. The maximum Gasteiger partial charge on any atom is 0.186 e. The van der Waals surface area contributed by atoms with Gasteiger partial charge in [0, 0.05) is 19.7 Å². The van der Waals surface area contributed by atoms with Gasteiger partial charge in [-0.3, -0.25) is 4.79 Å². The lowest BCUT2D eigenvalue weighted by molar-refractivity contribution is 0.112. The van der Waals surface area contributed by atoms with Crippen molar-refractivity contribution in [1.29, 1.82) is 0 Å². The number of aromatic nitrogens is 1. The standard InChI is InChI=1S/C13H20N2O2S/c1-3-10(2)12-11(9-16)18-13(14-12)15-5-4-7-17-8-6-15/h9-10H,3-8H2,1-2H3. The summed E-state index contributed by atoms with van der Waals surface area (Å²) in [5.41, 5.74) is 0.956. The zero-order valence-corrected chi connectivity index (χ0v) is 11.8. The van der Waals surface area contributed by atoms with Crippen molar-refractivity contribution >= 4 is 22.8 Å². The number of thiazole rings is 1. The van der Waals surface area contributed by atoms with Crippen LogP contribution < -0.4 is 4.90 Å². The van der Waals surface area contributed by atoms with Gasteiger partial charge in [-0.15, -0.1) is 0 Å². The molecule has 1 saturated heterocycles. The topological polar surface area (TPSA) is 42.4 Å². The second-order valence-corrected chi connectivity index (χ2v) is 5.64. The number of carbonyl (C=O) groups excluding carboxylic acids is 1. The summed E-state index contributed by atoms with van der Waals surface area (Å²) in [6, 6.07) is 0. The van der Waals surface area contributed by atoms with Crippen LogP contribution in [0.3, 0.4) is 0 Å². The molecule has 1 fully saturated rings. The molecule has 0 saturated carbocycles. The molecule has 0 bridgehead atoms. The van der Waals surface area contributed by atoms with E-state index >= 15 is 0 Å². The molecule has 1 aromatic rings. The lowest BCUT2D eigenvalue weighted by atomic mass is 10.0. The van der Waals surface area contributed by atoms with Crippen LogP contribution in [0.4, 0.5) is 5.13 Å². The quantitative estimate of drug-likeness (QED) is 0.787. The fourth-order valence-electron chi connectivity index (χ4n) is 2.04. The van der Waals surface area contributed by atoms with Crippen LogP contribution in [0.5, 0.6) is 0 Å². The van der Waals surface area contributed by atoms with Crippen LogP contribution in [0.15, 0.2) is 0 Å². The average Bonchev–Trinajstić information content (AvgIpc) is 2.64. The number of anilines is 1. The predicted octanol–water partition coefficient (Wildman–Crippen LogP) is 2.70. The Hall–Kier alpha value is -0.940. The summed E-state index contributed by atoms with van der Waals surface area (Å²) < 4.78 is 5.44. The van der Waals surface area contributed by atoms with Crippen molar-refractivity contribution in [3.05, 3.63) is 10.6 Å². The first-order valence-corrected chi connectivity index (χ1v) is 7.36. The van der Waals surface area contributed by atoms with Crippen molar-refractivity contribution in [2.75, 3.05) is 31.2 Å². The Labute approximate surface area is 112 Å². The van der Waals surface area contributed by atoms with Crippen molar-refractivity contribution in [3.8, 4) is 0 Å². The lowest BCUT2D eigenvalue weighted by Gasteiger charge is -2.17. The number of ether oxygens (including phenoxy) is 1. The Morgan fingerprint density at radius 2 is 2.33 bits per heavy atom. The van der Waals surface area contributed by atoms with Crippen molar-refractivity contribution < 1.29 is 9.53 Å². The second-order valence-electron chi connectivity index (χ2n) is 4.63. The van der Waals surface area contributed by atoms with E-state index < -0.39 is 0 Å². The van der Waals surface area contributed by atoms with Crippen LogP contribution in [0.25, 0.3) is 0 Å². The third-order valence-electron chi connectivity index (χ3n) is 3.35. The van der Waals surface area contributed by atoms with Gasteiger partial charge < -0.3 is 9.64 Å². The van der Waals surface area contributed by atoms with Gasteiger partial charge in [-0.25, -0.2) is 4.98 Å². The summed E-state index contributed by atoms with van der Waals surface area (Å²) in [5, 5.41) is 0.970. The first-order chi connectivity index (χ1) is 8.76. The molecule has 0 N–H and O–H groups in total. The summed E-state index contributed by atoms with van der Waals surface area (Å²) in [4.78, 5) is 18.8. The molecule has 2 heterocycles. The summed E-state index contributed by atoms with van der Waals surface area (Å²) >= 11 is 1.51.